The first-order valence-electron chi connectivity index (χ1n) is 7.98. The molecule has 0 bridgehead atoms. The van der Waals surface area contributed by atoms with Crippen molar-refractivity contribution in [3.8, 4) is 0 Å². The highest BCUT2D eigenvalue weighted by Crippen LogP contribution is 2.28. The van der Waals surface area contributed by atoms with Gasteiger partial charge in [-0.3, -0.25) is 15.0 Å². The van der Waals surface area contributed by atoms with Crippen LogP contribution in [-0.2, 0) is 10.3 Å². The Labute approximate surface area is 127 Å². The van der Waals surface area contributed by atoms with Gasteiger partial charge in [0.2, 0.25) is 5.91 Å². The zero-order valence-corrected chi connectivity index (χ0v) is 13.1. The number of likely N-dealkylation sites (tertiary alicyclic amines) is 1. The summed E-state index contributed by atoms with van der Waals surface area (Å²) in [5, 5.41) is 3.37. The molecule has 1 aliphatic heterocycles. The number of carbonyl (C=O) groups is 1. The zero-order valence-electron chi connectivity index (χ0n) is 13.1. The number of benzene rings is 1. The third-order valence-electron chi connectivity index (χ3n) is 4.58. The van der Waals surface area contributed by atoms with E-state index < -0.39 is 5.54 Å². The van der Waals surface area contributed by atoms with Crippen LogP contribution in [0.4, 0.5) is 0 Å². The molecule has 2 unspecified atom stereocenters. The van der Waals surface area contributed by atoms with Crippen molar-refractivity contribution in [2.75, 3.05) is 19.6 Å². The number of nitrogens with one attached hydrogen (secondary N) is 1. The molecule has 4 heteroatoms. The average Bonchev–Trinajstić information content (AvgIpc) is 2.94. The predicted molar refractivity (Wildman–Crippen MR) is 85.9 cm³/mol. The summed E-state index contributed by atoms with van der Waals surface area (Å²) in [4.78, 5) is 14.7. The predicted octanol–water partition coefficient (Wildman–Crippen LogP) is 1.85. The molecule has 0 radical (unpaired) electrons. The first kappa shape index (κ1) is 16.0. The second-order valence-corrected chi connectivity index (χ2v) is 5.84. The molecule has 2 rings (SSSR count). The molecule has 0 saturated carbocycles. The van der Waals surface area contributed by atoms with Gasteiger partial charge in [-0.15, -0.1) is 0 Å². The Morgan fingerprint density at radius 3 is 2.67 bits per heavy atom. The lowest BCUT2D eigenvalue weighted by Gasteiger charge is -2.37. The summed E-state index contributed by atoms with van der Waals surface area (Å²) < 4.78 is 0. The third kappa shape index (κ3) is 3.27. The van der Waals surface area contributed by atoms with Crippen LogP contribution in [0.5, 0.6) is 0 Å². The van der Waals surface area contributed by atoms with Crippen LogP contribution < -0.4 is 11.1 Å². The average molecular weight is 289 g/mol. The lowest BCUT2D eigenvalue weighted by atomic mass is 9.87. The van der Waals surface area contributed by atoms with Crippen molar-refractivity contribution in [1.29, 1.82) is 0 Å². The smallest absolute Gasteiger partial charge is 0.243 e. The molecule has 0 spiro atoms. The van der Waals surface area contributed by atoms with E-state index in [4.69, 9.17) is 5.73 Å². The van der Waals surface area contributed by atoms with Gasteiger partial charge in [-0.25, -0.2) is 0 Å². The van der Waals surface area contributed by atoms with Crippen LogP contribution >= 0.6 is 0 Å². The fourth-order valence-electron chi connectivity index (χ4n) is 3.45. The number of hydrogen-bond donors (Lipinski definition) is 2. The fraction of sp³-hybridized carbons (Fsp3) is 0.588. The molecule has 1 heterocycles. The molecular formula is C17H27N3O. The van der Waals surface area contributed by atoms with Gasteiger partial charge in [0.15, 0.2) is 0 Å². The van der Waals surface area contributed by atoms with E-state index >= 15 is 0 Å². The Hall–Kier alpha value is -1.39. The molecule has 21 heavy (non-hydrogen) atoms. The maximum absolute atomic E-state index is 12.3. The molecular weight excluding hydrogens is 262 g/mol. The van der Waals surface area contributed by atoms with E-state index in [1.165, 1.54) is 12.8 Å². The third-order valence-corrected chi connectivity index (χ3v) is 4.58. The quantitative estimate of drug-likeness (QED) is 0.805. The Morgan fingerprint density at radius 2 is 2.10 bits per heavy atom. The molecule has 0 aromatic heterocycles. The number of nitrogens with two attached hydrogens (primary N) is 1. The van der Waals surface area contributed by atoms with E-state index in [9.17, 15) is 4.79 Å². The summed E-state index contributed by atoms with van der Waals surface area (Å²) in [7, 11) is 0. The number of rotatable bonds is 7. The number of primary amides is 1. The molecule has 4 nitrogen and oxygen atoms in total. The standard InChI is InChI=1S/C17H27N3O/c1-3-15-11-8-12-20(15)13-17(16(18)21,19-4-2)14-9-6-5-7-10-14/h5-7,9-10,15,19H,3-4,8,11-13H2,1-2H3,(H2,18,21). The normalized spacial score (nSPS) is 22.1. The van der Waals surface area contributed by atoms with Crippen LogP contribution in [0.3, 0.4) is 0 Å². The highest BCUT2D eigenvalue weighted by atomic mass is 16.1. The van der Waals surface area contributed by atoms with Gasteiger partial charge in [-0.05, 0) is 37.9 Å². The van der Waals surface area contributed by atoms with Crippen LogP contribution in [0.25, 0.3) is 0 Å². The SMILES string of the molecule is CCNC(CN1CCCC1CC)(C(N)=O)c1ccccc1. The van der Waals surface area contributed by atoms with Gasteiger partial charge in [-0.1, -0.05) is 44.2 Å². The van der Waals surface area contributed by atoms with Crippen LogP contribution in [0, 0.1) is 0 Å². The van der Waals surface area contributed by atoms with E-state index in [1.807, 2.05) is 37.3 Å². The van der Waals surface area contributed by atoms with Gasteiger partial charge in [0.1, 0.15) is 5.54 Å². The second kappa shape index (κ2) is 7.05. The van der Waals surface area contributed by atoms with Gasteiger partial charge in [0, 0.05) is 12.6 Å². The highest BCUT2D eigenvalue weighted by molar-refractivity contribution is 5.86. The summed E-state index contributed by atoms with van der Waals surface area (Å²) in [6.07, 6.45) is 3.54. The monoisotopic (exact) mass is 289 g/mol. The molecule has 2 atom stereocenters. The van der Waals surface area contributed by atoms with E-state index in [-0.39, 0.29) is 5.91 Å². The molecule has 1 aromatic carbocycles. The molecule has 116 valence electrons. The highest BCUT2D eigenvalue weighted by Gasteiger charge is 2.41. The minimum atomic E-state index is -0.798. The van der Waals surface area contributed by atoms with Crippen molar-refractivity contribution < 1.29 is 4.79 Å². The van der Waals surface area contributed by atoms with Crippen molar-refractivity contribution in [1.82, 2.24) is 10.2 Å². The summed E-state index contributed by atoms with van der Waals surface area (Å²) in [6, 6.07) is 10.4. The minimum absolute atomic E-state index is 0.294. The van der Waals surface area contributed by atoms with Crippen LogP contribution in [-0.4, -0.2) is 36.5 Å². The van der Waals surface area contributed by atoms with Crippen molar-refractivity contribution in [2.24, 2.45) is 5.73 Å². The molecule has 1 amide bonds. The minimum Gasteiger partial charge on any atom is -0.368 e. The molecule has 1 saturated heterocycles. The van der Waals surface area contributed by atoms with E-state index in [0.717, 1.165) is 18.5 Å². The second-order valence-electron chi connectivity index (χ2n) is 5.84. The maximum atomic E-state index is 12.3. The zero-order chi connectivity index (χ0) is 15.3. The van der Waals surface area contributed by atoms with Gasteiger partial charge in [0.25, 0.3) is 0 Å². The van der Waals surface area contributed by atoms with Crippen LogP contribution in [0.1, 0.15) is 38.7 Å². The first-order chi connectivity index (χ1) is 10.1. The molecule has 1 aliphatic rings. The van der Waals surface area contributed by atoms with Gasteiger partial charge in [0.05, 0.1) is 0 Å². The molecule has 1 aromatic rings. The van der Waals surface area contributed by atoms with Crippen molar-refractivity contribution in [3.63, 3.8) is 0 Å². The summed E-state index contributed by atoms with van der Waals surface area (Å²) in [5.41, 5.74) is 5.99. The van der Waals surface area contributed by atoms with Crippen molar-refractivity contribution in [3.05, 3.63) is 35.9 Å². The fourth-order valence-corrected chi connectivity index (χ4v) is 3.45. The summed E-state index contributed by atoms with van der Waals surface area (Å²) in [5.74, 6) is -0.294. The van der Waals surface area contributed by atoms with Crippen LogP contribution in [0.2, 0.25) is 0 Å². The maximum Gasteiger partial charge on any atom is 0.243 e. The molecule has 0 aliphatic carbocycles. The summed E-state index contributed by atoms with van der Waals surface area (Å²) >= 11 is 0. The number of hydrogen-bond acceptors (Lipinski definition) is 3. The topological polar surface area (TPSA) is 58.4 Å². The number of carbonyl (C=O) groups excluding carboxylic acids is 1. The van der Waals surface area contributed by atoms with Crippen molar-refractivity contribution in [2.45, 2.75) is 44.7 Å². The molecule has 1 fully saturated rings. The number of nitrogens with zero attached hydrogens (tertiary/aromatic N) is 1. The largest absolute Gasteiger partial charge is 0.368 e. The Morgan fingerprint density at radius 1 is 1.38 bits per heavy atom. The van der Waals surface area contributed by atoms with E-state index in [0.29, 0.717) is 19.1 Å². The van der Waals surface area contributed by atoms with E-state index in [1.54, 1.807) is 0 Å². The Kier molecular flexibility index (Phi) is 5.37. The lowest BCUT2D eigenvalue weighted by molar-refractivity contribution is -0.125. The van der Waals surface area contributed by atoms with Gasteiger partial charge in [-0.2, -0.15) is 0 Å². The van der Waals surface area contributed by atoms with Gasteiger partial charge < -0.3 is 5.73 Å². The first-order valence-corrected chi connectivity index (χ1v) is 7.98. The van der Waals surface area contributed by atoms with Crippen molar-refractivity contribution >= 4 is 5.91 Å². The lowest BCUT2D eigenvalue weighted by Crippen LogP contribution is -2.59. The Bertz CT molecular complexity index is 462. The number of amides is 1. The van der Waals surface area contributed by atoms with Crippen LogP contribution in [0.15, 0.2) is 30.3 Å². The number of likely N-dealkylation sites (N-methyl/N-ethyl adjacent to an activating group) is 1. The molecule has 3 N–H and O–H groups in total. The Balaban J connectivity index is 2.33. The van der Waals surface area contributed by atoms with E-state index in [2.05, 4.69) is 17.1 Å². The van der Waals surface area contributed by atoms with Gasteiger partial charge >= 0.3 is 0 Å². The summed E-state index contributed by atoms with van der Waals surface area (Å²) in [6.45, 7) is 6.64.